The van der Waals surface area contributed by atoms with Gasteiger partial charge in [0.25, 0.3) is 0 Å². The van der Waals surface area contributed by atoms with E-state index >= 15 is 0 Å². The van der Waals surface area contributed by atoms with Crippen LogP contribution >= 0.6 is 0 Å². The Kier molecular flexibility index (Phi) is 13.9. The van der Waals surface area contributed by atoms with Crippen LogP contribution in [0.1, 0.15) is 103 Å². The minimum Gasteiger partial charge on any atom is -0.481 e. The average molecular weight is 521 g/mol. The van der Waals surface area contributed by atoms with Gasteiger partial charge in [0, 0.05) is 32.0 Å². The van der Waals surface area contributed by atoms with Crippen molar-refractivity contribution < 1.29 is 33.6 Å². The van der Waals surface area contributed by atoms with Crippen LogP contribution in [0.5, 0.6) is 0 Å². The molecule has 210 valence electrons. The Balaban J connectivity index is 1.63. The van der Waals surface area contributed by atoms with Crippen molar-refractivity contribution in [1.82, 2.24) is 0 Å². The summed E-state index contributed by atoms with van der Waals surface area (Å²) in [5.41, 5.74) is 0. The van der Waals surface area contributed by atoms with Crippen molar-refractivity contribution in [3.63, 3.8) is 0 Å². The molecule has 3 rings (SSSR count). The SMILES string of the molecule is CCCC=CC(CC[C@H]1[C@H](OC2CCCCO2)CC(=O)[C@@H]1CC=CCCCC(=O)O)OC1CCCCO1. The fourth-order valence-electron chi connectivity index (χ4n) is 5.58. The number of carbonyl (C=O) groups excluding carboxylic acids is 1. The van der Waals surface area contributed by atoms with E-state index in [0.717, 1.165) is 77.4 Å². The fraction of sp³-hybridized carbons (Fsp3) is 0.800. The number of hydrogen-bond donors (Lipinski definition) is 1. The summed E-state index contributed by atoms with van der Waals surface area (Å²) in [6.45, 7) is 3.65. The van der Waals surface area contributed by atoms with Gasteiger partial charge in [-0.1, -0.05) is 37.6 Å². The lowest BCUT2D eigenvalue weighted by molar-refractivity contribution is -0.198. The summed E-state index contributed by atoms with van der Waals surface area (Å²) in [7, 11) is 0. The molecule has 3 unspecified atom stereocenters. The van der Waals surface area contributed by atoms with Gasteiger partial charge >= 0.3 is 5.97 Å². The highest BCUT2D eigenvalue weighted by molar-refractivity contribution is 5.84. The first-order valence-corrected chi connectivity index (χ1v) is 14.7. The third kappa shape index (κ3) is 11.0. The number of unbranched alkanes of at least 4 members (excludes halogenated alkanes) is 2. The van der Waals surface area contributed by atoms with Crippen LogP contribution in [0.3, 0.4) is 0 Å². The zero-order valence-corrected chi connectivity index (χ0v) is 22.7. The van der Waals surface area contributed by atoms with Crippen molar-refractivity contribution in [3.05, 3.63) is 24.3 Å². The molecule has 0 spiro atoms. The lowest BCUT2D eigenvalue weighted by atomic mass is 9.86. The Morgan fingerprint density at radius 3 is 2.49 bits per heavy atom. The van der Waals surface area contributed by atoms with Crippen molar-refractivity contribution in [2.75, 3.05) is 13.2 Å². The van der Waals surface area contributed by atoms with Crippen LogP contribution in [0, 0.1) is 11.8 Å². The second kappa shape index (κ2) is 17.1. The van der Waals surface area contributed by atoms with Gasteiger partial charge in [0.05, 0.1) is 12.2 Å². The number of Topliss-reactive ketones (excluding diaryl/α,β-unsaturated/α-hetero) is 1. The van der Waals surface area contributed by atoms with Crippen LogP contribution in [-0.2, 0) is 28.5 Å². The molecule has 2 heterocycles. The quantitative estimate of drug-likeness (QED) is 0.187. The van der Waals surface area contributed by atoms with Crippen LogP contribution in [-0.4, -0.2) is 54.9 Å². The van der Waals surface area contributed by atoms with Crippen LogP contribution in [0.4, 0.5) is 0 Å². The highest BCUT2D eigenvalue weighted by Crippen LogP contribution is 2.39. The van der Waals surface area contributed by atoms with Gasteiger partial charge in [-0.2, -0.15) is 0 Å². The first-order chi connectivity index (χ1) is 18.1. The highest BCUT2D eigenvalue weighted by atomic mass is 16.7. The number of hydrogen-bond acceptors (Lipinski definition) is 6. The van der Waals surface area contributed by atoms with Gasteiger partial charge in [0.1, 0.15) is 5.78 Å². The van der Waals surface area contributed by atoms with E-state index in [1.54, 1.807) is 0 Å². The number of aliphatic carboxylic acids is 1. The molecular weight excluding hydrogens is 472 g/mol. The van der Waals surface area contributed by atoms with E-state index in [2.05, 4.69) is 25.2 Å². The zero-order chi connectivity index (χ0) is 26.3. The molecule has 0 radical (unpaired) electrons. The summed E-state index contributed by atoms with van der Waals surface area (Å²) in [5, 5.41) is 8.84. The van der Waals surface area contributed by atoms with Crippen molar-refractivity contribution >= 4 is 11.8 Å². The number of ether oxygens (including phenoxy) is 4. The predicted octanol–water partition coefficient (Wildman–Crippen LogP) is 6.35. The van der Waals surface area contributed by atoms with Crippen LogP contribution < -0.4 is 0 Å². The second-order valence-corrected chi connectivity index (χ2v) is 10.7. The molecule has 1 N–H and O–H groups in total. The largest absolute Gasteiger partial charge is 0.481 e. The van der Waals surface area contributed by atoms with Gasteiger partial charge in [0.2, 0.25) is 0 Å². The molecule has 3 fully saturated rings. The van der Waals surface area contributed by atoms with E-state index in [9.17, 15) is 9.59 Å². The molecule has 0 aromatic heterocycles. The summed E-state index contributed by atoms with van der Waals surface area (Å²) in [4.78, 5) is 23.9. The summed E-state index contributed by atoms with van der Waals surface area (Å²) >= 11 is 0. The second-order valence-electron chi connectivity index (χ2n) is 10.7. The number of carbonyl (C=O) groups is 2. The Bertz CT molecular complexity index is 721. The van der Waals surface area contributed by atoms with Gasteiger partial charge in [-0.25, -0.2) is 0 Å². The molecule has 0 aromatic carbocycles. The molecule has 7 nitrogen and oxygen atoms in total. The number of rotatable bonds is 16. The molecule has 1 saturated carbocycles. The van der Waals surface area contributed by atoms with E-state index in [0.29, 0.717) is 25.7 Å². The summed E-state index contributed by atoms with van der Waals surface area (Å²) in [6, 6.07) is 0. The molecule has 6 atom stereocenters. The highest BCUT2D eigenvalue weighted by Gasteiger charge is 2.43. The zero-order valence-electron chi connectivity index (χ0n) is 22.7. The van der Waals surface area contributed by atoms with Crippen molar-refractivity contribution in [3.8, 4) is 0 Å². The van der Waals surface area contributed by atoms with Crippen LogP contribution in [0.25, 0.3) is 0 Å². The Morgan fingerprint density at radius 2 is 1.81 bits per heavy atom. The Labute approximate surface area is 222 Å². The molecule has 2 saturated heterocycles. The summed E-state index contributed by atoms with van der Waals surface area (Å²) < 4.78 is 24.5. The number of carboxylic acids is 1. The molecule has 1 aliphatic carbocycles. The van der Waals surface area contributed by atoms with E-state index in [4.69, 9.17) is 24.1 Å². The van der Waals surface area contributed by atoms with Crippen LogP contribution in [0.2, 0.25) is 0 Å². The lowest BCUT2D eigenvalue weighted by Crippen LogP contribution is -2.32. The van der Waals surface area contributed by atoms with E-state index in [1.165, 1.54) is 0 Å². The third-order valence-electron chi connectivity index (χ3n) is 7.65. The molecule has 7 heteroatoms. The third-order valence-corrected chi connectivity index (χ3v) is 7.65. The predicted molar refractivity (Wildman–Crippen MR) is 142 cm³/mol. The monoisotopic (exact) mass is 520 g/mol. The first-order valence-electron chi connectivity index (χ1n) is 14.7. The van der Waals surface area contributed by atoms with E-state index < -0.39 is 5.97 Å². The van der Waals surface area contributed by atoms with Crippen molar-refractivity contribution in [2.24, 2.45) is 11.8 Å². The summed E-state index contributed by atoms with van der Waals surface area (Å²) in [6.07, 6.45) is 20.5. The topological polar surface area (TPSA) is 91.3 Å². The standard InChI is InChI=1S/C30H48O7/c1-2-3-6-13-23(36-29-16-9-11-20-34-29)18-19-25-24(14-7-4-5-8-15-28(32)33)26(31)22-27(25)37-30-17-10-12-21-35-30/h4,6-7,13,23-25,27,29-30H,2-3,5,8-12,14-22H2,1H3,(H,32,33)/t23?,24-,25-,27-,29?,30?/m1/s1. The molecule has 0 amide bonds. The minimum absolute atomic E-state index is 0.0378. The normalized spacial score (nSPS) is 29.9. The molecule has 3 aliphatic rings. The maximum Gasteiger partial charge on any atom is 0.303 e. The smallest absolute Gasteiger partial charge is 0.303 e. The van der Waals surface area contributed by atoms with E-state index in [1.807, 2.05) is 6.08 Å². The molecule has 37 heavy (non-hydrogen) atoms. The van der Waals surface area contributed by atoms with Crippen molar-refractivity contribution in [2.45, 2.75) is 128 Å². The Morgan fingerprint density at radius 1 is 1.05 bits per heavy atom. The first kappa shape index (κ1) is 30.0. The van der Waals surface area contributed by atoms with E-state index in [-0.39, 0.29) is 48.8 Å². The minimum atomic E-state index is -0.771. The molecular formula is C30H48O7. The van der Waals surface area contributed by atoms with Gasteiger partial charge in [-0.3, -0.25) is 9.59 Å². The lowest BCUT2D eigenvalue weighted by Gasteiger charge is -2.31. The molecule has 2 aliphatic heterocycles. The maximum absolute atomic E-state index is 13.1. The van der Waals surface area contributed by atoms with Gasteiger partial charge in [-0.15, -0.1) is 0 Å². The molecule has 0 bridgehead atoms. The van der Waals surface area contributed by atoms with Gasteiger partial charge < -0.3 is 24.1 Å². The van der Waals surface area contributed by atoms with Crippen LogP contribution in [0.15, 0.2) is 24.3 Å². The number of ketones is 1. The van der Waals surface area contributed by atoms with Gasteiger partial charge in [0.15, 0.2) is 12.6 Å². The molecule has 0 aromatic rings. The fourth-order valence-corrected chi connectivity index (χ4v) is 5.58. The average Bonchev–Trinajstić information content (AvgIpc) is 3.19. The van der Waals surface area contributed by atoms with Gasteiger partial charge in [-0.05, 0) is 83.0 Å². The van der Waals surface area contributed by atoms with Crippen molar-refractivity contribution in [1.29, 1.82) is 0 Å². The maximum atomic E-state index is 13.1. The summed E-state index contributed by atoms with van der Waals surface area (Å²) in [5.74, 6) is -0.487. The number of carboxylic acid groups (broad SMARTS) is 1. The number of allylic oxidation sites excluding steroid dienone is 3. The Hall–Kier alpha value is -1.54.